The van der Waals surface area contributed by atoms with E-state index in [1.807, 2.05) is 39.1 Å². The Labute approximate surface area is 188 Å². The van der Waals surface area contributed by atoms with Crippen LogP contribution in [0.4, 0.5) is 10.6 Å². The van der Waals surface area contributed by atoms with Gasteiger partial charge in [0.25, 0.3) is 5.91 Å². The SMILES string of the molecule is CCNC(=O)c1cnnc(N2CCC[C@@H](N(C)C(=O)NCc3ccc(Cl)c(C)c3)C2)c1. The van der Waals surface area contributed by atoms with Crippen molar-refractivity contribution in [2.45, 2.75) is 39.3 Å². The number of halogens is 1. The van der Waals surface area contributed by atoms with Crippen molar-refractivity contribution in [1.29, 1.82) is 0 Å². The molecule has 0 unspecified atom stereocenters. The molecule has 1 fully saturated rings. The Kier molecular flexibility index (Phi) is 7.68. The molecule has 1 saturated heterocycles. The van der Waals surface area contributed by atoms with Gasteiger partial charge in [-0.05, 0) is 49.9 Å². The fourth-order valence-corrected chi connectivity index (χ4v) is 3.78. The largest absolute Gasteiger partial charge is 0.353 e. The molecule has 166 valence electrons. The lowest BCUT2D eigenvalue weighted by molar-refractivity contribution is 0.0955. The van der Waals surface area contributed by atoms with Crippen LogP contribution in [0.25, 0.3) is 0 Å². The number of carbonyl (C=O) groups excluding carboxylic acids is 2. The Morgan fingerprint density at radius 3 is 2.84 bits per heavy atom. The Balaban J connectivity index is 1.60. The maximum atomic E-state index is 12.7. The van der Waals surface area contributed by atoms with Crippen LogP contribution in [0, 0.1) is 6.92 Å². The zero-order chi connectivity index (χ0) is 22.4. The molecular formula is C22H29ClN6O2. The first-order valence-electron chi connectivity index (χ1n) is 10.5. The number of urea groups is 1. The average molecular weight is 445 g/mol. The molecule has 0 saturated carbocycles. The van der Waals surface area contributed by atoms with Crippen molar-refractivity contribution in [2.24, 2.45) is 0 Å². The van der Waals surface area contributed by atoms with Crippen molar-refractivity contribution < 1.29 is 9.59 Å². The molecule has 2 aromatic rings. The predicted molar refractivity (Wildman–Crippen MR) is 121 cm³/mol. The number of rotatable bonds is 6. The van der Waals surface area contributed by atoms with Crippen LogP contribution in [-0.2, 0) is 6.54 Å². The maximum Gasteiger partial charge on any atom is 0.317 e. The summed E-state index contributed by atoms with van der Waals surface area (Å²) < 4.78 is 0. The van der Waals surface area contributed by atoms with E-state index in [0.717, 1.165) is 30.5 Å². The van der Waals surface area contributed by atoms with Crippen LogP contribution in [0.1, 0.15) is 41.3 Å². The molecule has 0 aliphatic carbocycles. The summed E-state index contributed by atoms with van der Waals surface area (Å²) in [6, 6.07) is 7.40. The highest BCUT2D eigenvalue weighted by molar-refractivity contribution is 6.31. The first kappa shape index (κ1) is 22.8. The number of aryl methyl sites for hydroxylation is 1. The van der Waals surface area contributed by atoms with Crippen LogP contribution in [0.3, 0.4) is 0 Å². The molecule has 1 aromatic heterocycles. The minimum atomic E-state index is -0.166. The maximum absolute atomic E-state index is 12.7. The molecule has 2 heterocycles. The second-order valence-corrected chi connectivity index (χ2v) is 8.16. The van der Waals surface area contributed by atoms with Gasteiger partial charge in [0.05, 0.1) is 17.8 Å². The second kappa shape index (κ2) is 10.4. The summed E-state index contributed by atoms with van der Waals surface area (Å²) in [4.78, 5) is 28.6. The van der Waals surface area contributed by atoms with Gasteiger partial charge in [-0.25, -0.2) is 4.79 Å². The predicted octanol–water partition coefficient (Wildman–Crippen LogP) is 3.00. The molecule has 2 N–H and O–H groups in total. The second-order valence-electron chi connectivity index (χ2n) is 7.76. The zero-order valence-electron chi connectivity index (χ0n) is 18.2. The van der Waals surface area contributed by atoms with Gasteiger partial charge in [0.15, 0.2) is 5.82 Å². The van der Waals surface area contributed by atoms with Crippen molar-refractivity contribution in [1.82, 2.24) is 25.7 Å². The number of amides is 3. The molecule has 1 aliphatic heterocycles. The van der Waals surface area contributed by atoms with Gasteiger partial charge in [0.2, 0.25) is 0 Å². The number of nitrogens with one attached hydrogen (secondary N) is 2. The molecule has 3 amide bonds. The monoisotopic (exact) mass is 444 g/mol. The molecule has 0 bridgehead atoms. The van der Waals surface area contributed by atoms with Crippen LogP contribution >= 0.6 is 11.6 Å². The average Bonchev–Trinajstić information content (AvgIpc) is 2.79. The Hall–Kier alpha value is -2.87. The fourth-order valence-electron chi connectivity index (χ4n) is 3.66. The van der Waals surface area contributed by atoms with E-state index in [0.29, 0.717) is 36.0 Å². The van der Waals surface area contributed by atoms with Gasteiger partial charge in [-0.15, -0.1) is 5.10 Å². The number of anilines is 1. The molecule has 0 spiro atoms. The minimum Gasteiger partial charge on any atom is -0.353 e. The third-order valence-electron chi connectivity index (χ3n) is 5.50. The third-order valence-corrected chi connectivity index (χ3v) is 5.92. The molecule has 0 radical (unpaired) electrons. The van der Waals surface area contributed by atoms with Gasteiger partial charge >= 0.3 is 6.03 Å². The minimum absolute atomic E-state index is 0.0376. The Morgan fingerprint density at radius 1 is 1.29 bits per heavy atom. The molecule has 3 rings (SSSR count). The van der Waals surface area contributed by atoms with Crippen molar-refractivity contribution >= 4 is 29.4 Å². The third kappa shape index (κ3) is 5.85. The van der Waals surface area contributed by atoms with Gasteiger partial charge in [0, 0.05) is 38.2 Å². The van der Waals surface area contributed by atoms with Gasteiger partial charge in [-0.2, -0.15) is 5.10 Å². The van der Waals surface area contributed by atoms with E-state index in [4.69, 9.17) is 11.6 Å². The lowest BCUT2D eigenvalue weighted by Crippen LogP contribution is -2.51. The van der Waals surface area contributed by atoms with Gasteiger partial charge in [-0.3, -0.25) is 4.79 Å². The van der Waals surface area contributed by atoms with Crippen molar-refractivity contribution in [3.63, 3.8) is 0 Å². The number of hydrogen-bond donors (Lipinski definition) is 2. The molecule has 1 aliphatic rings. The van der Waals surface area contributed by atoms with Gasteiger partial charge in [-0.1, -0.05) is 23.7 Å². The molecule has 31 heavy (non-hydrogen) atoms. The molecule has 8 nitrogen and oxygen atoms in total. The van der Waals surface area contributed by atoms with Crippen molar-refractivity contribution in [3.05, 3.63) is 52.2 Å². The van der Waals surface area contributed by atoms with Crippen LogP contribution in [-0.4, -0.2) is 59.8 Å². The summed E-state index contributed by atoms with van der Waals surface area (Å²) >= 11 is 6.07. The summed E-state index contributed by atoms with van der Waals surface area (Å²) in [5, 5.41) is 14.7. The molecule has 1 aromatic carbocycles. The Bertz CT molecular complexity index is 938. The number of carbonyl (C=O) groups is 2. The number of hydrogen-bond acceptors (Lipinski definition) is 5. The van der Waals surface area contributed by atoms with Crippen LogP contribution < -0.4 is 15.5 Å². The van der Waals surface area contributed by atoms with Crippen LogP contribution in [0.2, 0.25) is 5.02 Å². The fraction of sp³-hybridized carbons (Fsp3) is 0.455. The lowest BCUT2D eigenvalue weighted by Gasteiger charge is -2.38. The van der Waals surface area contributed by atoms with E-state index in [1.54, 1.807) is 11.0 Å². The number of likely N-dealkylation sites (N-methyl/N-ethyl adjacent to an activating group) is 1. The summed E-state index contributed by atoms with van der Waals surface area (Å²) in [5.41, 5.74) is 2.48. The summed E-state index contributed by atoms with van der Waals surface area (Å²) in [6.45, 7) is 6.26. The van der Waals surface area contributed by atoms with Crippen LogP contribution in [0.15, 0.2) is 30.5 Å². The molecule has 9 heteroatoms. The number of nitrogens with zero attached hydrogens (tertiary/aromatic N) is 4. The standard InChI is InChI=1S/C22H29ClN6O2/c1-4-24-21(30)17-11-20(27-26-13-17)29-9-5-6-18(14-29)28(3)22(31)25-12-16-7-8-19(23)15(2)10-16/h7-8,10-11,13,18H,4-6,9,12,14H2,1-3H3,(H,24,30)(H,25,31)/t18-/m1/s1. The number of piperidine rings is 1. The number of benzene rings is 1. The van der Waals surface area contributed by atoms with E-state index in [-0.39, 0.29) is 18.0 Å². The normalized spacial score (nSPS) is 16.0. The number of aromatic nitrogens is 2. The van der Waals surface area contributed by atoms with E-state index in [2.05, 4.69) is 25.7 Å². The van der Waals surface area contributed by atoms with Crippen molar-refractivity contribution in [2.75, 3.05) is 31.6 Å². The summed E-state index contributed by atoms with van der Waals surface area (Å²) in [5.74, 6) is 0.486. The van der Waals surface area contributed by atoms with Gasteiger partial charge < -0.3 is 20.4 Å². The highest BCUT2D eigenvalue weighted by atomic mass is 35.5. The highest BCUT2D eigenvalue weighted by Gasteiger charge is 2.27. The van der Waals surface area contributed by atoms with E-state index < -0.39 is 0 Å². The topological polar surface area (TPSA) is 90.5 Å². The first-order valence-corrected chi connectivity index (χ1v) is 10.9. The van der Waals surface area contributed by atoms with Crippen LogP contribution in [0.5, 0.6) is 0 Å². The zero-order valence-corrected chi connectivity index (χ0v) is 18.9. The quantitative estimate of drug-likeness (QED) is 0.714. The molecular weight excluding hydrogens is 416 g/mol. The summed E-state index contributed by atoms with van der Waals surface area (Å²) in [7, 11) is 1.81. The van der Waals surface area contributed by atoms with Gasteiger partial charge in [0.1, 0.15) is 0 Å². The highest BCUT2D eigenvalue weighted by Crippen LogP contribution is 2.21. The Morgan fingerprint density at radius 2 is 2.10 bits per heavy atom. The smallest absolute Gasteiger partial charge is 0.317 e. The van der Waals surface area contributed by atoms with E-state index >= 15 is 0 Å². The van der Waals surface area contributed by atoms with Crippen molar-refractivity contribution in [3.8, 4) is 0 Å². The van der Waals surface area contributed by atoms with E-state index in [9.17, 15) is 9.59 Å². The first-order chi connectivity index (χ1) is 14.9. The molecule has 1 atom stereocenters. The lowest BCUT2D eigenvalue weighted by atomic mass is 10.0. The van der Waals surface area contributed by atoms with E-state index in [1.165, 1.54) is 6.20 Å². The summed E-state index contributed by atoms with van der Waals surface area (Å²) in [6.07, 6.45) is 3.30.